The fourth-order valence-corrected chi connectivity index (χ4v) is 1.37. The van der Waals surface area contributed by atoms with Crippen LogP contribution in [0.1, 0.15) is 10.4 Å². The number of hydrogen-bond acceptors (Lipinski definition) is 4. The van der Waals surface area contributed by atoms with Gasteiger partial charge in [0.1, 0.15) is 0 Å². The lowest BCUT2D eigenvalue weighted by molar-refractivity contribution is 0.0954. The molecule has 0 fully saturated rings. The Morgan fingerprint density at radius 1 is 1.11 bits per heavy atom. The lowest BCUT2D eigenvalue weighted by Crippen LogP contribution is -2.33. The summed E-state index contributed by atoms with van der Waals surface area (Å²) in [6, 6.07) is 5.88. The molecule has 0 unspecified atom stereocenters. The Hall–Kier alpha value is -1.51. The van der Waals surface area contributed by atoms with Gasteiger partial charge in [0.25, 0.3) is 11.1 Å². The normalized spacial score (nSPS) is 9.72. The summed E-state index contributed by atoms with van der Waals surface area (Å²) >= 11 is 3.51. The molecule has 0 aliphatic rings. The lowest BCUT2D eigenvalue weighted by atomic mass is 9.80. The topological polar surface area (TPSA) is 98.7 Å². The van der Waals surface area contributed by atoms with Gasteiger partial charge in [0.2, 0.25) is 0 Å². The number of hydrogen-bond donors (Lipinski definition) is 5. The van der Waals surface area contributed by atoms with Crippen LogP contribution in [0.5, 0.6) is 0 Å². The second kappa shape index (κ2) is 7.05. The van der Waals surface area contributed by atoms with Gasteiger partial charge in [0.15, 0.2) is 0 Å². The molecule has 2 amide bonds. The highest BCUT2D eigenvalue weighted by atomic mass is 32.1. The number of nitrogens with one attached hydrogen (secondary N) is 2. The molecule has 0 aliphatic heterocycles. The first kappa shape index (κ1) is 14.6. The Bertz CT molecular complexity index is 424. The van der Waals surface area contributed by atoms with E-state index in [1.54, 1.807) is 0 Å². The predicted octanol–water partition coefficient (Wildman–Crippen LogP) is -1.26. The van der Waals surface area contributed by atoms with Gasteiger partial charge in [-0.15, -0.1) is 0 Å². The maximum Gasteiger partial charge on any atom is 0.488 e. The summed E-state index contributed by atoms with van der Waals surface area (Å²) in [5, 5.41) is 22.3. The van der Waals surface area contributed by atoms with Crippen molar-refractivity contribution >= 4 is 36.4 Å². The molecule has 0 saturated heterocycles. The molecule has 1 aromatic rings. The number of benzene rings is 1. The number of carbonyl (C=O) groups is 2. The molecule has 1 aromatic carbocycles. The molecule has 0 saturated carbocycles. The minimum atomic E-state index is -1.55. The Morgan fingerprint density at radius 2 is 1.67 bits per heavy atom. The molecule has 96 valence electrons. The molecule has 0 atom stereocenters. The number of amides is 2. The van der Waals surface area contributed by atoms with Crippen LogP contribution in [0.2, 0.25) is 0 Å². The lowest BCUT2D eigenvalue weighted by Gasteiger charge is -2.06. The van der Waals surface area contributed by atoms with E-state index < -0.39 is 12.4 Å². The van der Waals surface area contributed by atoms with Gasteiger partial charge in [-0.3, -0.25) is 9.59 Å². The molecule has 0 aliphatic carbocycles. The van der Waals surface area contributed by atoms with Gasteiger partial charge in [-0.2, -0.15) is 0 Å². The summed E-state index contributed by atoms with van der Waals surface area (Å²) in [5.41, 5.74) is 0.713. The summed E-state index contributed by atoms with van der Waals surface area (Å²) in [7, 11) is -1.55. The van der Waals surface area contributed by atoms with Gasteiger partial charge in [-0.05, 0) is 17.6 Å². The first-order valence-electron chi connectivity index (χ1n) is 5.22. The molecule has 0 heterocycles. The Kier molecular flexibility index (Phi) is 5.70. The highest BCUT2D eigenvalue weighted by Crippen LogP contribution is 1.96. The molecule has 0 bridgehead atoms. The van der Waals surface area contributed by atoms with E-state index in [1.807, 2.05) is 0 Å². The van der Waals surface area contributed by atoms with Gasteiger partial charge >= 0.3 is 7.12 Å². The molecule has 0 aromatic heterocycles. The van der Waals surface area contributed by atoms with E-state index in [2.05, 4.69) is 23.3 Å². The van der Waals surface area contributed by atoms with Crippen molar-refractivity contribution in [1.82, 2.24) is 10.6 Å². The van der Waals surface area contributed by atoms with Gasteiger partial charge in [-0.1, -0.05) is 24.8 Å². The van der Waals surface area contributed by atoms with Crippen molar-refractivity contribution in [2.24, 2.45) is 0 Å². The van der Waals surface area contributed by atoms with Crippen LogP contribution in [0.25, 0.3) is 0 Å². The standard InChI is InChI=1S/C10H13BN2O4S/c14-9(12-5-6-13-10(15)18)7-1-3-8(4-2-7)11(16)17/h1-4,16-17H,5-6H2,(H,12,14)(H2,13,15,18). The van der Waals surface area contributed by atoms with Crippen LogP contribution in [-0.2, 0) is 0 Å². The Balaban J connectivity index is 2.44. The van der Waals surface area contributed by atoms with E-state index in [-0.39, 0.29) is 12.5 Å². The van der Waals surface area contributed by atoms with E-state index in [4.69, 9.17) is 10.0 Å². The largest absolute Gasteiger partial charge is 0.488 e. The second-order valence-electron chi connectivity index (χ2n) is 3.48. The van der Waals surface area contributed by atoms with Crippen molar-refractivity contribution in [2.45, 2.75) is 0 Å². The maximum absolute atomic E-state index is 11.6. The number of carbonyl (C=O) groups excluding carboxylic acids is 2. The van der Waals surface area contributed by atoms with Crippen molar-refractivity contribution in [3.63, 3.8) is 0 Å². The van der Waals surface area contributed by atoms with Crippen molar-refractivity contribution in [1.29, 1.82) is 0 Å². The van der Waals surface area contributed by atoms with Gasteiger partial charge in [0.05, 0.1) is 0 Å². The van der Waals surface area contributed by atoms with E-state index in [0.717, 1.165) is 0 Å². The van der Waals surface area contributed by atoms with Crippen LogP contribution in [0.3, 0.4) is 0 Å². The molecule has 0 spiro atoms. The molecule has 8 heteroatoms. The van der Waals surface area contributed by atoms with Gasteiger partial charge in [0, 0.05) is 18.7 Å². The zero-order valence-electron chi connectivity index (χ0n) is 9.46. The summed E-state index contributed by atoms with van der Waals surface area (Å²) in [6.45, 7) is 0.580. The van der Waals surface area contributed by atoms with E-state index in [9.17, 15) is 9.59 Å². The monoisotopic (exact) mass is 268 g/mol. The van der Waals surface area contributed by atoms with Crippen molar-refractivity contribution in [3.8, 4) is 0 Å². The van der Waals surface area contributed by atoms with Crippen LogP contribution < -0.4 is 16.1 Å². The van der Waals surface area contributed by atoms with Crippen molar-refractivity contribution in [3.05, 3.63) is 29.8 Å². The minimum Gasteiger partial charge on any atom is -0.423 e. The molecular weight excluding hydrogens is 255 g/mol. The van der Waals surface area contributed by atoms with Crippen molar-refractivity contribution in [2.75, 3.05) is 13.1 Å². The summed E-state index contributed by atoms with van der Waals surface area (Å²) in [4.78, 5) is 22.1. The van der Waals surface area contributed by atoms with E-state index >= 15 is 0 Å². The van der Waals surface area contributed by atoms with Crippen molar-refractivity contribution < 1.29 is 19.6 Å². The summed E-state index contributed by atoms with van der Waals surface area (Å²) in [6.07, 6.45) is 0. The molecule has 6 nitrogen and oxygen atoms in total. The highest BCUT2D eigenvalue weighted by molar-refractivity contribution is 7.96. The Morgan fingerprint density at radius 3 is 2.17 bits per heavy atom. The molecule has 4 N–H and O–H groups in total. The second-order valence-corrected chi connectivity index (χ2v) is 3.89. The van der Waals surface area contributed by atoms with Crippen LogP contribution >= 0.6 is 12.6 Å². The van der Waals surface area contributed by atoms with Gasteiger partial charge < -0.3 is 20.7 Å². The predicted molar refractivity (Wildman–Crippen MR) is 71.0 cm³/mol. The molecule has 0 radical (unpaired) electrons. The molecule has 1 rings (SSSR count). The third-order valence-electron chi connectivity index (χ3n) is 2.16. The van der Waals surface area contributed by atoms with E-state index in [0.29, 0.717) is 17.6 Å². The van der Waals surface area contributed by atoms with Crippen LogP contribution in [-0.4, -0.2) is 41.4 Å². The van der Waals surface area contributed by atoms with Crippen LogP contribution in [0.4, 0.5) is 4.79 Å². The summed E-state index contributed by atoms with van der Waals surface area (Å²) < 4.78 is 0. The zero-order chi connectivity index (χ0) is 13.5. The molecule has 18 heavy (non-hydrogen) atoms. The number of rotatable bonds is 5. The summed E-state index contributed by atoms with van der Waals surface area (Å²) in [5.74, 6) is -0.303. The average molecular weight is 268 g/mol. The first-order chi connectivity index (χ1) is 8.50. The molecular formula is C10H13BN2O4S. The smallest absolute Gasteiger partial charge is 0.423 e. The third kappa shape index (κ3) is 4.78. The minimum absolute atomic E-state index is 0.287. The fourth-order valence-electron chi connectivity index (χ4n) is 1.25. The average Bonchev–Trinajstić information content (AvgIpc) is 2.34. The maximum atomic E-state index is 11.6. The fraction of sp³-hybridized carbons (Fsp3) is 0.200. The quantitative estimate of drug-likeness (QED) is 0.261. The van der Waals surface area contributed by atoms with Crippen LogP contribution in [0.15, 0.2) is 24.3 Å². The zero-order valence-corrected chi connectivity index (χ0v) is 10.4. The third-order valence-corrected chi connectivity index (χ3v) is 2.32. The highest BCUT2D eigenvalue weighted by Gasteiger charge is 2.11. The van der Waals surface area contributed by atoms with Crippen LogP contribution in [0, 0.1) is 0 Å². The first-order valence-corrected chi connectivity index (χ1v) is 5.66. The number of thiol groups is 1. The van der Waals surface area contributed by atoms with Gasteiger partial charge in [-0.25, -0.2) is 0 Å². The SMILES string of the molecule is O=C(S)NCCNC(=O)c1ccc(B(O)O)cc1. The Labute approximate surface area is 110 Å². The van der Waals surface area contributed by atoms with E-state index in [1.165, 1.54) is 24.3 Å².